The Kier molecular flexibility index (Phi) is 5.85. The van der Waals surface area contributed by atoms with Crippen molar-refractivity contribution in [3.8, 4) is 0 Å². The molecule has 5 rings (SSSR count). The number of rotatable bonds is 6. The topological polar surface area (TPSA) is 80.9 Å². The molecule has 3 aliphatic rings. The van der Waals surface area contributed by atoms with E-state index in [0.717, 1.165) is 55.9 Å². The second-order valence-electron chi connectivity index (χ2n) is 11.6. The molecular formula is C26H38N4O2. The van der Waals surface area contributed by atoms with Crippen LogP contribution in [0, 0.1) is 29.1 Å². The Morgan fingerprint density at radius 2 is 2.06 bits per heavy atom. The van der Waals surface area contributed by atoms with Crippen LogP contribution in [0.1, 0.15) is 84.5 Å². The molecule has 0 aliphatic heterocycles. The molecule has 2 aromatic rings. The summed E-state index contributed by atoms with van der Waals surface area (Å²) in [6, 6.07) is 3.73. The third kappa shape index (κ3) is 4.23. The molecule has 0 bridgehead atoms. The summed E-state index contributed by atoms with van der Waals surface area (Å²) in [6.07, 6.45) is 14.4. The molecule has 6 heteroatoms. The number of pyridine rings is 1. The summed E-state index contributed by atoms with van der Waals surface area (Å²) in [6.45, 7) is 4.65. The second-order valence-corrected chi connectivity index (χ2v) is 11.6. The number of Topliss-reactive ketones (excluding diaryl/α,β-unsaturated/α-hetero) is 1. The van der Waals surface area contributed by atoms with Crippen LogP contribution in [0.3, 0.4) is 0 Å². The van der Waals surface area contributed by atoms with Crippen LogP contribution in [0.2, 0.25) is 0 Å². The Balaban J connectivity index is 1.23. The van der Waals surface area contributed by atoms with E-state index in [2.05, 4.69) is 22.2 Å². The van der Waals surface area contributed by atoms with Gasteiger partial charge in [0.1, 0.15) is 12.1 Å². The summed E-state index contributed by atoms with van der Waals surface area (Å²) in [5, 5.41) is 18.9. The Morgan fingerprint density at radius 3 is 2.94 bits per heavy atom. The van der Waals surface area contributed by atoms with Crippen LogP contribution < -0.4 is 0 Å². The maximum absolute atomic E-state index is 13.4. The fraction of sp³-hybridized carbons (Fsp3) is 0.769. The van der Waals surface area contributed by atoms with E-state index in [1.54, 1.807) is 10.9 Å². The van der Waals surface area contributed by atoms with E-state index in [1.165, 1.54) is 32.1 Å². The van der Waals surface area contributed by atoms with Crippen LogP contribution in [0.5, 0.6) is 0 Å². The molecule has 0 radical (unpaired) electrons. The number of aromatic nitrogens is 4. The van der Waals surface area contributed by atoms with E-state index in [1.807, 2.05) is 19.1 Å². The number of aliphatic hydroxyl groups is 1. The monoisotopic (exact) mass is 438 g/mol. The first-order valence-corrected chi connectivity index (χ1v) is 12.7. The zero-order chi connectivity index (χ0) is 22.3. The molecule has 0 spiro atoms. The molecule has 2 heterocycles. The lowest BCUT2D eigenvalue weighted by atomic mass is 9.60. The van der Waals surface area contributed by atoms with E-state index in [0.29, 0.717) is 11.6 Å². The van der Waals surface area contributed by atoms with Gasteiger partial charge < -0.3 is 5.11 Å². The first-order valence-electron chi connectivity index (χ1n) is 12.7. The number of hydrogen-bond donors (Lipinski definition) is 1. The summed E-state index contributed by atoms with van der Waals surface area (Å²) in [5.74, 6) is 2.63. The van der Waals surface area contributed by atoms with Crippen molar-refractivity contribution in [2.75, 3.05) is 0 Å². The average Bonchev–Trinajstić information content (AvgIpc) is 3.35. The lowest BCUT2D eigenvalue weighted by Crippen LogP contribution is -2.41. The van der Waals surface area contributed by atoms with Crippen LogP contribution in [0.15, 0.2) is 18.3 Å². The quantitative estimate of drug-likeness (QED) is 0.690. The van der Waals surface area contributed by atoms with Crippen molar-refractivity contribution in [1.29, 1.82) is 0 Å². The van der Waals surface area contributed by atoms with Crippen molar-refractivity contribution in [2.45, 2.75) is 96.6 Å². The largest absolute Gasteiger partial charge is 0.390 e. The molecule has 174 valence electrons. The van der Waals surface area contributed by atoms with Crippen molar-refractivity contribution < 1.29 is 9.90 Å². The highest BCUT2D eigenvalue weighted by molar-refractivity contribution is 5.83. The maximum Gasteiger partial charge on any atom is 0.178 e. The highest BCUT2D eigenvalue weighted by Crippen LogP contribution is 2.52. The fourth-order valence-corrected chi connectivity index (χ4v) is 7.45. The van der Waals surface area contributed by atoms with E-state index in [4.69, 9.17) is 0 Å². The number of carbonyl (C=O) groups excluding carboxylic acids is 1. The minimum Gasteiger partial charge on any atom is -0.390 e. The van der Waals surface area contributed by atoms with Crippen LogP contribution in [-0.2, 0) is 11.3 Å². The van der Waals surface area contributed by atoms with Crippen LogP contribution >= 0.6 is 0 Å². The van der Waals surface area contributed by atoms with Gasteiger partial charge in [0.15, 0.2) is 11.4 Å². The molecule has 0 aromatic carbocycles. The number of ketones is 1. The Bertz CT molecular complexity index is 970. The third-order valence-corrected chi connectivity index (χ3v) is 9.21. The number of hydrogen-bond acceptors (Lipinski definition) is 5. The van der Waals surface area contributed by atoms with Gasteiger partial charge in [-0.15, -0.1) is 5.10 Å². The zero-order valence-corrected chi connectivity index (χ0v) is 19.7. The number of nitrogens with zero attached hydrogens (tertiary/aromatic N) is 4. The molecule has 32 heavy (non-hydrogen) atoms. The normalized spacial score (nSPS) is 37.5. The molecule has 3 fully saturated rings. The van der Waals surface area contributed by atoms with Crippen molar-refractivity contribution in [1.82, 2.24) is 20.0 Å². The Morgan fingerprint density at radius 1 is 1.19 bits per heavy atom. The summed E-state index contributed by atoms with van der Waals surface area (Å²) in [5.41, 5.74) is 1.07. The van der Waals surface area contributed by atoms with E-state index < -0.39 is 5.60 Å². The van der Waals surface area contributed by atoms with E-state index in [-0.39, 0.29) is 23.7 Å². The molecule has 6 unspecified atom stereocenters. The molecule has 0 amide bonds. The van der Waals surface area contributed by atoms with Gasteiger partial charge in [-0.1, -0.05) is 37.8 Å². The van der Waals surface area contributed by atoms with Gasteiger partial charge in [0.2, 0.25) is 0 Å². The molecule has 6 atom stereocenters. The third-order valence-electron chi connectivity index (χ3n) is 9.21. The second kappa shape index (κ2) is 8.51. The van der Waals surface area contributed by atoms with Gasteiger partial charge in [0, 0.05) is 12.1 Å². The lowest BCUT2D eigenvalue weighted by Gasteiger charge is -2.47. The summed E-state index contributed by atoms with van der Waals surface area (Å²) in [7, 11) is 0. The van der Waals surface area contributed by atoms with Crippen LogP contribution in [0.25, 0.3) is 11.2 Å². The maximum atomic E-state index is 13.4. The van der Waals surface area contributed by atoms with Crippen molar-refractivity contribution in [3.05, 3.63) is 18.3 Å². The first kappa shape index (κ1) is 22.0. The number of carbonyl (C=O) groups is 1. The fourth-order valence-electron chi connectivity index (χ4n) is 7.45. The van der Waals surface area contributed by atoms with Gasteiger partial charge in [-0.05, 0) is 87.2 Å². The molecular weight excluding hydrogens is 400 g/mol. The highest BCUT2D eigenvalue weighted by Gasteiger charge is 2.45. The molecule has 3 saturated carbocycles. The van der Waals surface area contributed by atoms with Crippen LogP contribution in [0.4, 0.5) is 0 Å². The van der Waals surface area contributed by atoms with Gasteiger partial charge in [-0.25, -0.2) is 9.67 Å². The minimum absolute atomic E-state index is 0.0913. The highest BCUT2D eigenvalue weighted by atomic mass is 16.3. The smallest absolute Gasteiger partial charge is 0.178 e. The molecule has 1 N–H and O–H groups in total. The zero-order valence-electron chi connectivity index (χ0n) is 19.7. The average molecular weight is 439 g/mol. The summed E-state index contributed by atoms with van der Waals surface area (Å²) < 4.78 is 1.68. The number of fused-ring (bicyclic) bond motifs is 2. The molecule has 6 nitrogen and oxygen atoms in total. The van der Waals surface area contributed by atoms with Crippen molar-refractivity contribution >= 4 is 16.9 Å². The molecule has 0 saturated heterocycles. The standard InChI is InChI=1S/C26H38N4O2/c1-25(13-10-18-6-3-7-19-16-26(2,32)14-11-20(18)19)12-4-8-21(25)23(31)17-30-24-22(28-29-30)9-5-15-27-24/h5,9,15,18-21,32H,3-4,6-8,10-14,16-17H2,1-2H3. The van der Waals surface area contributed by atoms with Gasteiger partial charge in [-0.3, -0.25) is 4.79 Å². The van der Waals surface area contributed by atoms with Gasteiger partial charge in [0.25, 0.3) is 0 Å². The Hall–Kier alpha value is -1.82. The predicted molar refractivity (Wildman–Crippen MR) is 124 cm³/mol. The molecule has 3 aliphatic carbocycles. The summed E-state index contributed by atoms with van der Waals surface area (Å²) in [4.78, 5) is 17.7. The van der Waals surface area contributed by atoms with E-state index in [9.17, 15) is 9.90 Å². The van der Waals surface area contributed by atoms with Crippen LogP contribution in [-0.4, -0.2) is 36.5 Å². The van der Waals surface area contributed by atoms with Gasteiger partial charge in [-0.2, -0.15) is 0 Å². The van der Waals surface area contributed by atoms with Crippen molar-refractivity contribution in [2.24, 2.45) is 29.1 Å². The summed E-state index contributed by atoms with van der Waals surface area (Å²) >= 11 is 0. The Labute approximate surface area is 191 Å². The van der Waals surface area contributed by atoms with E-state index >= 15 is 0 Å². The predicted octanol–water partition coefficient (Wildman–Crippen LogP) is 4.95. The van der Waals surface area contributed by atoms with Gasteiger partial charge >= 0.3 is 0 Å². The first-order chi connectivity index (χ1) is 15.3. The SMILES string of the molecule is CC1(O)CCC2C(CCC3(C)CCCC3C(=O)Cn3nnc4cccnc43)CCCC2C1. The van der Waals surface area contributed by atoms with Gasteiger partial charge in [0.05, 0.1) is 5.60 Å². The minimum atomic E-state index is -0.460. The molecule has 2 aromatic heterocycles. The lowest BCUT2D eigenvalue weighted by molar-refractivity contribution is -0.126. The van der Waals surface area contributed by atoms with Crippen molar-refractivity contribution in [3.63, 3.8) is 0 Å².